The van der Waals surface area contributed by atoms with Crippen molar-refractivity contribution < 1.29 is 34.1 Å². The maximum atomic E-state index is 12.3. The van der Waals surface area contributed by atoms with Crippen molar-refractivity contribution in [1.29, 1.82) is 0 Å². The number of hydrogen-bond donors (Lipinski definition) is 2. The summed E-state index contributed by atoms with van der Waals surface area (Å²) in [7, 11) is 0. The van der Waals surface area contributed by atoms with E-state index in [1.807, 2.05) is 18.2 Å². The Balaban J connectivity index is 0.000000414. The zero-order chi connectivity index (χ0) is 26.6. The first-order valence-electron chi connectivity index (χ1n) is 11.9. The van der Waals surface area contributed by atoms with E-state index in [0.29, 0.717) is 35.8 Å². The van der Waals surface area contributed by atoms with E-state index in [4.69, 9.17) is 14.9 Å². The van der Waals surface area contributed by atoms with Gasteiger partial charge in [-0.15, -0.1) is 0 Å². The number of benzene rings is 1. The lowest BCUT2D eigenvalue weighted by Gasteiger charge is -2.26. The Morgan fingerprint density at radius 1 is 0.919 bits per heavy atom. The summed E-state index contributed by atoms with van der Waals surface area (Å²) in [5, 5.41) is 15.6. The molecule has 0 radical (unpaired) electrons. The smallest absolute Gasteiger partial charge is 0.328 e. The molecule has 1 saturated heterocycles. The molecule has 2 aliphatic heterocycles. The number of aliphatic carboxylic acids is 2. The summed E-state index contributed by atoms with van der Waals surface area (Å²) in [6.45, 7) is 3.80. The summed E-state index contributed by atoms with van der Waals surface area (Å²) in [6.07, 6.45) is 10.3. The highest BCUT2D eigenvalue weighted by atomic mass is 16.5. The monoisotopic (exact) mass is 507 g/mol. The fourth-order valence-corrected chi connectivity index (χ4v) is 3.93. The third kappa shape index (κ3) is 8.39. The molecule has 4 rings (SSSR count). The average molecular weight is 508 g/mol. The second-order valence-electron chi connectivity index (χ2n) is 8.40. The van der Waals surface area contributed by atoms with Crippen molar-refractivity contribution in [2.24, 2.45) is 0 Å². The quantitative estimate of drug-likeness (QED) is 0.298. The Morgan fingerprint density at radius 3 is 2.14 bits per heavy atom. The van der Waals surface area contributed by atoms with E-state index >= 15 is 0 Å². The van der Waals surface area contributed by atoms with Crippen LogP contribution in [0, 0.1) is 0 Å². The molecule has 0 bridgehead atoms. The van der Waals surface area contributed by atoms with Crippen molar-refractivity contribution in [3.05, 3.63) is 83.6 Å². The predicted molar refractivity (Wildman–Crippen MR) is 134 cm³/mol. The van der Waals surface area contributed by atoms with Gasteiger partial charge in [-0.05, 0) is 55.8 Å². The van der Waals surface area contributed by atoms with Gasteiger partial charge in [-0.2, -0.15) is 0 Å². The molecule has 2 aliphatic rings. The molecule has 0 unspecified atom stereocenters. The standard InChI is InChI=1S/C23H25N3O3.C4H4O4/c27-22-19-8-2-3-9-20(19)23(28)26(22)14-6-7-15-29-21-16-18(10-11-24-21)17-25-12-4-1-5-13-25;5-3(6)1-2-4(7)8/h2-3,6-11,16H,1,4-5,12-15,17H2;1-2H,(H,5,6)(H,7,8)/b7-6-;2-1-. The van der Waals surface area contributed by atoms with Crippen LogP contribution in [0.2, 0.25) is 0 Å². The highest BCUT2D eigenvalue weighted by Gasteiger charge is 2.34. The van der Waals surface area contributed by atoms with Crippen LogP contribution < -0.4 is 4.74 Å². The lowest BCUT2D eigenvalue weighted by atomic mass is 10.1. The maximum Gasteiger partial charge on any atom is 0.328 e. The van der Waals surface area contributed by atoms with Gasteiger partial charge < -0.3 is 14.9 Å². The fraction of sp³-hybridized carbons (Fsp3) is 0.296. The zero-order valence-corrected chi connectivity index (χ0v) is 20.3. The van der Waals surface area contributed by atoms with Crippen LogP contribution in [-0.4, -0.2) is 75.0 Å². The maximum absolute atomic E-state index is 12.3. The van der Waals surface area contributed by atoms with E-state index < -0.39 is 11.9 Å². The molecule has 37 heavy (non-hydrogen) atoms. The fourth-order valence-electron chi connectivity index (χ4n) is 3.93. The van der Waals surface area contributed by atoms with Crippen LogP contribution in [0.4, 0.5) is 0 Å². The van der Waals surface area contributed by atoms with Gasteiger partial charge in [0.2, 0.25) is 5.88 Å². The van der Waals surface area contributed by atoms with E-state index in [0.717, 1.165) is 19.6 Å². The zero-order valence-electron chi connectivity index (χ0n) is 20.3. The minimum absolute atomic E-state index is 0.234. The van der Waals surface area contributed by atoms with Crippen LogP contribution in [0.25, 0.3) is 0 Å². The number of piperidine rings is 1. The summed E-state index contributed by atoms with van der Waals surface area (Å²) in [4.78, 5) is 51.7. The lowest BCUT2D eigenvalue weighted by molar-refractivity contribution is -0.134. The first kappa shape index (κ1) is 27.3. The molecule has 1 aromatic carbocycles. The van der Waals surface area contributed by atoms with Gasteiger partial charge in [0.1, 0.15) is 6.61 Å². The van der Waals surface area contributed by atoms with Crippen molar-refractivity contribution in [3.8, 4) is 5.88 Å². The van der Waals surface area contributed by atoms with Gasteiger partial charge in [0.25, 0.3) is 11.8 Å². The first-order valence-corrected chi connectivity index (χ1v) is 11.9. The molecule has 0 aliphatic carbocycles. The minimum atomic E-state index is -1.26. The number of amides is 2. The van der Waals surface area contributed by atoms with Gasteiger partial charge in [-0.1, -0.05) is 24.6 Å². The molecular formula is C27H29N3O7. The molecule has 194 valence electrons. The predicted octanol–water partition coefficient (Wildman–Crippen LogP) is 3.01. The van der Waals surface area contributed by atoms with Gasteiger partial charge in [0.15, 0.2) is 0 Å². The second kappa shape index (κ2) is 13.7. The molecule has 10 heteroatoms. The number of rotatable bonds is 9. The van der Waals surface area contributed by atoms with Crippen molar-refractivity contribution in [2.45, 2.75) is 25.8 Å². The highest BCUT2D eigenvalue weighted by molar-refractivity contribution is 6.21. The molecule has 10 nitrogen and oxygen atoms in total. The highest BCUT2D eigenvalue weighted by Crippen LogP contribution is 2.22. The van der Waals surface area contributed by atoms with Gasteiger partial charge in [0, 0.05) is 37.5 Å². The number of carbonyl (C=O) groups excluding carboxylic acids is 2. The third-order valence-electron chi connectivity index (χ3n) is 5.68. The minimum Gasteiger partial charge on any atom is -0.478 e. The summed E-state index contributed by atoms with van der Waals surface area (Å²) >= 11 is 0. The van der Waals surface area contributed by atoms with Crippen molar-refractivity contribution >= 4 is 23.8 Å². The number of carboxylic acids is 2. The molecule has 0 spiro atoms. The van der Waals surface area contributed by atoms with Crippen LogP contribution in [0.5, 0.6) is 5.88 Å². The third-order valence-corrected chi connectivity index (χ3v) is 5.68. The molecule has 0 atom stereocenters. The van der Waals surface area contributed by atoms with Crippen LogP contribution in [0.3, 0.4) is 0 Å². The number of imide groups is 1. The molecule has 3 heterocycles. The molecule has 2 amide bonds. The van der Waals surface area contributed by atoms with Crippen LogP contribution in [-0.2, 0) is 16.1 Å². The Labute approximate surface area is 214 Å². The van der Waals surface area contributed by atoms with Gasteiger partial charge in [-0.3, -0.25) is 19.4 Å². The van der Waals surface area contributed by atoms with Crippen LogP contribution in [0.15, 0.2) is 66.9 Å². The summed E-state index contributed by atoms with van der Waals surface area (Å²) in [5.41, 5.74) is 2.14. The number of likely N-dealkylation sites (tertiary alicyclic amines) is 1. The lowest BCUT2D eigenvalue weighted by Crippen LogP contribution is -2.29. The Bertz CT molecular complexity index is 1140. The van der Waals surface area contributed by atoms with Crippen molar-refractivity contribution in [2.75, 3.05) is 26.2 Å². The number of fused-ring (bicyclic) bond motifs is 1. The normalized spacial score (nSPS) is 15.5. The van der Waals surface area contributed by atoms with Gasteiger partial charge in [-0.25, -0.2) is 14.6 Å². The van der Waals surface area contributed by atoms with Crippen molar-refractivity contribution in [1.82, 2.24) is 14.8 Å². The molecular weight excluding hydrogens is 478 g/mol. The Hall–Kier alpha value is -4.31. The van der Waals surface area contributed by atoms with Crippen molar-refractivity contribution in [3.63, 3.8) is 0 Å². The average Bonchev–Trinajstić information content (AvgIpc) is 3.13. The SMILES string of the molecule is O=C(O)/C=C\C(=O)O.O=C1c2ccccc2C(=O)N1C/C=C\COc1cc(CN2CCCCC2)ccn1. The van der Waals surface area contributed by atoms with Gasteiger partial charge in [0.05, 0.1) is 11.1 Å². The molecule has 0 saturated carbocycles. The molecule has 2 N–H and O–H groups in total. The Kier molecular flexibility index (Phi) is 10.1. The van der Waals surface area contributed by atoms with Crippen LogP contribution >= 0.6 is 0 Å². The van der Waals surface area contributed by atoms with E-state index in [2.05, 4.69) is 9.88 Å². The summed E-state index contributed by atoms with van der Waals surface area (Å²) in [6, 6.07) is 10.9. The largest absolute Gasteiger partial charge is 0.478 e. The first-order chi connectivity index (χ1) is 17.8. The number of nitrogens with zero attached hydrogens (tertiary/aromatic N) is 3. The number of pyridine rings is 1. The summed E-state index contributed by atoms with van der Waals surface area (Å²) < 4.78 is 5.71. The van der Waals surface area contributed by atoms with Gasteiger partial charge >= 0.3 is 11.9 Å². The summed E-state index contributed by atoms with van der Waals surface area (Å²) in [5.74, 6) is -2.42. The molecule has 1 fully saturated rings. The number of carbonyl (C=O) groups is 4. The molecule has 2 aromatic rings. The number of ether oxygens (including phenoxy) is 1. The van der Waals surface area contributed by atoms with E-state index in [9.17, 15) is 19.2 Å². The second-order valence-corrected chi connectivity index (χ2v) is 8.40. The number of carboxylic acid groups (broad SMARTS) is 2. The topological polar surface area (TPSA) is 137 Å². The molecule has 1 aromatic heterocycles. The Morgan fingerprint density at radius 2 is 1.54 bits per heavy atom. The number of hydrogen-bond acceptors (Lipinski definition) is 7. The van der Waals surface area contributed by atoms with E-state index in [1.165, 1.54) is 29.7 Å². The van der Waals surface area contributed by atoms with E-state index in [-0.39, 0.29) is 18.4 Å². The van der Waals surface area contributed by atoms with Crippen LogP contribution in [0.1, 0.15) is 45.5 Å². The number of aromatic nitrogens is 1. The van der Waals surface area contributed by atoms with E-state index in [1.54, 1.807) is 36.5 Å².